The summed E-state index contributed by atoms with van der Waals surface area (Å²) < 4.78 is 11.1. The van der Waals surface area contributed by atoms with Gasteiger partial charge >= 0.3 is 0 Å². The molecule has 2 amide bonds. The molecule has 2 N–H and O–H groups in total. The number of phenolic OH excluding ortho intramolecular Hbond substituents is 2. The molecule has 0 spiro atoms. The Morgan fingerprint density at radius 2 is 0.952 bits per heavy atom. The first-order valence-corrected chi connectivity index (χ1v) is 21.9. The van der Waals surface area contributed by atoms with E-state index in [9.17, 15) is 19.8 Å². The number of ether oxygens (including phenoxy) is 2. The van der Waals surface area contributed by atoms with Crippen molar-refractivity contribution in [3.63, 3.8) is 0 Å². The average molecular weight is 839 g/mol. The van der Waals surface area contributed by atoms with Crippen molar-refractivity contribution in [3.05, 3.63) is 164 Å². The van der Waals surface area contributed by atoms with Crippen LogP contribution in [-0.2, 0) is 38.8 Å². The van der Waals surface area contributed by atoms with E-state index in [1.54, 1.807) is 36.2 Å². The van der Waals surface area contributed by atoms with E-state index >= 15 is 0 Å². The zero-order chi connectivity index (χ0) is 44.8. The second-order valence-electron chi connectivity index (χ2n) is 16.9. The number of amides is 2. The minimum atomic E-state index is -0.0421. The molecule has 0 saturated heterocycles. The van der Waals surface area contributed by atoms with Crippen molar-refractivity contribution >= 4 is 11.8 Å². The summed E-state index contributed by atoms with van der Waals surface area (Å²) in [6, 6.07) is 23.9. The van der Waals surface area contributed by atoms with Crippen LogP contribution in [-0.4, -0.2) is 59.1 Å². The number of carbonyl (C=O) groups excluding carboxylic acids is 2. The Balaban J connectivity index is 0.000000234. The summed E-state index contributed by atoms with van der Waals surface area (Å²) in [5.74, 6) is 1.45. The predicted molar refractivity (Wildman–Crippen MR) is 251 cm³/mol. The Hall–Kier alpha value is -6.02. The lowest BCUT2D eigenvalue weighted by atomic mass is 9.99. The Morgan fingerprint density at radius 1 is 0.581 bits per heavy atom. The number of nitrogens with zero attached hydrogens (tertiary/aromatic N) is 2. The molecule has 4 aromatic rings. The zero-order valence-corrected chi connectivity index (χ0v) is 38.1. The molecule has 0 radical (unpaired) electrons. The van der Waals surface area contributed by atoms with Gasteiger partial charge in [-0.1, -0.05) is 107 Å². The summed E-state index contributed by atoms with van der Waals surface area (Å²) in [5, 5.41) is 22.0. The lowest BCUT2D eigenvalue weighted by molar-refractivity contribution is 0.0772. The first-order valence-electron chi connectivity index (χ1n) is 21.9. The van der Waals surface area contributed by atoms with Crippen LogP contribution in [0.4, 0.5) is 0 Å². The van der Waals surface area contributed by atoms with Crippen LogP contribution in [0.2, 0.25) is 0 Å². The summed E-state index contributed by atoms with van der Waals surface area (Å²) in [7, 11) is 3.17. The van der Waals surface area contributed by atoms with E-state index < -0.39 is 0 Å². The summed E-state index contributed by atoms with van der Waals surface area (Å²) in [6.07, 6.45) is 15.5. The van der Waals surface area contributed by atoms with Crippen LogP contribution in [0.1, 0.15) is 121 Å². The van der Waals surface area contributed by atoms with Crippen molar-refractivity contribution in [2.75, 3.05) is 27.3 Å². The molecule has 0 saturated carbocycles. The highest BCUT2D eigenvalue weighted by Crippen LogP contribution is 2.41. The van der Waals surface area contributed by atoms with Gasteiger partial charge < -0.3 is 29.5 Å². The summed E-state index contributed by atoms with van der Waals surface area (Å²) in [6.45, 7) is 14.8. The van der Waals surface area contributed by atoms with Crippen LogP contribution in [0.25, 0.3) is 0 Å². The first kappa shape index (κ1) is 47.0. The number of allylic oxidation sites excluding steroid dienone is 8. The monoisotopic (exact) mass is 838 g/mol. The number of carbonyl (C=O) groups is 2. The number of hydrogen-bond donors (Lipinski definition) is 2. The zero-order valence-electron chi connectivity index (χ0n) is 38.1. The minimum Gasteiger partial charge on any atom is -0.507 e. The highest BCUT2D eigenvalue weighted by atomic mass is 16.5. The summed E-state index contributed by atoms with van der Waals surface area (Å²) in [4.78, 5) is 29.5. The molecule has 0 atom stereocenters. The van der Waals surface area contributed by atoms with Crippen LogP contribution in [0.3, 0.4) is 0 Å². The molecule has 2 heterocycles. The third kappa shape index (κ3) is 12.5. The number of methoxy groups -OCH3 is 2. The maximum Gasteiger partial charge on any atom is 0.254 e. The predicted octanol–water partition coefficient (Wildman–Crippen LogP) is 11.7. The molecule has 0 aliphatic carbocycles. The van der Waals surface area contributed by atoms with Gasteiger partial charge in [0.25, 0.3) is 11.8 Å². The molecule has 6 rings (SSSR count). The second kappa shape index (κ2) is 22.7. The van der Waals surface area contributed by atoms with E-state index in [1.807, 2.05) is 36.4 Å². The van der Waals surface area contributed by atoms with Crippen LogP contribution in [0.15, 0.2) is 119 Å². The molecule has 2 aliphatic heterocycles. The number of aromatic hydroxyl groups is 2. The van der Waals surface area contributed by atoms with Gasteiger partial charge in [0.2, 0.25) is 0 Å². The number of benzene rings is 4. The van der Waals surface area contributed by atoms with E-state index in [1.165, 1.54) is 33.4 Å². The van der Waals surface area contributed by atoms with E-state index in [0.29, 0.717) is 72.8 Å². The van der Waals surface area contributed by atoms with Gasteiger partial charge in [-0.3, -0.25) is 9.59 Å². The van der Waals surface area contributed by atoms with Gasteiger partial charge in [-0.2, -0.15) is 0 Å². The van der Waals surface area contributed by atoms with E-state index in [2.05, 4.69) is 90.1 Å². The number of phenols is 2. The lowest BCUT2D eigenvalue weighted by Crippen LogP contribution is -2.26. The Labute approximate surface area is 369 Å². The highest BCUT2D eigenvalue weighted by Gasteiger charge is 2.33. The molecule has 8 heteroatoms. The smallest absolute Gasteiger partial charge is 0.254 e. The summed E-state index contributed by atoms with van der Waals surface area (Å²) in [5.41, 5.74) is 11.6. The Bertz CT molecular complexity index is 2130. The normalized spacial score (nSPS) is 13.4. The lowest BCUT2D eigenvalue weighted by Gasteiger charge is -2.15. The molecular formula is C54H66N2O6. The third-order valence-corrected chi connectivity index (χ3v) is 11.6. The van der Waals surface area contributed by atoms with Gasteiger partial charge in [-0.05, 0) is 116 Å². The van der Waals surface area contributed by atoms with Crippen molar-refractivity contribution in [1.82, 2.24) is 9.80 Å². The molecule has 62 heavy (non-hydrogen) atoms. The average Bonchev–Trinajstić information content (AvgIpc) is 3.76. The van der Waals surface area contributed by atoms with Gasteiger partial charge in [0.05, 0.1) is 38.4 Å². The summed E-state index contributed by atoms with van der Waals surface area (Å²) >= 11 is 0. The van der Waals surface area contributed by atoms with Crippen LogP contribution in [0, 0.1) is 0 Å². The molecule has 0 aromatic heterocycles. The molecular weight excluding hydrogens is 773 g/mol. The van der Waals surface area contributed by atoms with E-state index in [-0.39, 0.29) is 23.3 Å². The van der Waals surface area contributed by atoms with E-state index in [0.717, 1.165) is 49.7 Å². The molecule has 4 aromatic carbocycles. The fraction of sp³-hybridized carbons (Fsp3) is 0.370. The highest BCUT2D eigenvalue weighted by molar-refractivity contribution is 6.00. The maximum absolute atomic E-state index is 12.9. The Kier molecular flexibility index (Phi) is 17.2. The van der Waals surface area contributed by atoms with Gasteiger partial charge in [0.1, 0.15) is 23.0 Å². The molecule has 0 fully saturated rings. The van der Waals surface area contributed by atoms with Gasteiger partial charge in [-0.15, -0.1) is 0 Å². The minimum absolute atomic E-state index is 0.0421. The molecule has 328 valence electrons. The fourth-order valence-electron chi connectivity index (χ4n) is 7.90. The second-order valence-corrected chi connectivity index (χ2v) is 16.9. The third-order valence-electron chi connectivity index (χ3n) is 11.6. The van der Waals surface area contributed by atoms with Crippen LogP contribution in [0.5, 0.6) is 23.0 Å². The standard InChI is InChI=1S/2C27H33NO3/c2*1-19(2)9-8-10-20(3)13-14-22-25(31-4)17-23-24(26(22)29)18-28(27(23)30)16-15-21-11-6-5-7-12-21/h2*5-7,9,11-13,17,29H,8,10,14-16,18H2,1-4H3/b2*20-13+. The molecule has 0 unspecified atom stereocenters. The van der Waals surface area contributed by atoms with Gasteiger partial charge in [0, 0.05) is 35.3 Å². The maximum atomic E-state index is 12.9. The van der Waals surface area contributed by atoms with E-state index in [4.69, 9.17) is 9.47 Å². The molecule has 0 bridgehead atoms. The van der Waals surface area contributed by atoms with Crippen molar-refractivity contribution < 1.29 is 29.3 Å². The fourth-order valence-corrected chi connectivity index (χ4v) is 7.90. The van der Waals surface area contributed by atoms with Crippen molar-refractivity contribution in [2.24, 2.45) is 0 Å². The van der Waals surface area contributed by atoms with Crippen LogP contribution >= 0.6 is 0 Å². The SMILES string of the molecule is COc1cc2c(c(O)c1C/C=C(\C)CCC=C(C)C)CN(CCc1ccccc1)C2=O.COc1cc2c(c(O)c1C/C=C(\C)CCC=C(C)C)CN(CCc1ccccc1)C2=O. The largest absolute Gasteiger partial charge is 0.507 e. The number of fused-ring (bicyclic) bond motifs is 2. The number of rotatable bonds is 18. The first-order chi connectivity index (χ1) is 29.8. The Morgan fingerprint density at radius 3 is 1.29 bits per heavy atom. The van der Waals surface area contributed by atoms with Crippen molar-refractivity contribution in [2.45, 2.75) is 106 Å². The van der Waals surface area contributed by atoms with Gasteiger partial charge in [0.15, 0.2) is 0 Å². The van der Waals surface area contributed by atoms with Crippen molar-refractivity contribution in [1.29, 1.82) is 0 Å². The quantitative estimate of drug-likeness (QED) is 0.0968. The molecule has 2 aliphatic rings. The van der Waals surface area contributed by atoms with Crippen molar-refractivity contribution in [3.8, 4) is 23.0 Å². The topological polar surface area (TPSA) is 99.5 Å². The number of hydrogen-bond acceptors (Lipinski definition) is 6. The molecule has 8 nitrogen and oxygen atoms in total. The van der Waals surface area contributed by atoms with Gasteiger partial charge in [-0.25, -0.2) is 0 Å². The van der Waals surface area contributed by atoms with Crippen LogP contribution < -0.4 is 9.47 Å².